The van der Waals surface area contributed by atoms with E-state index in [-0.39, 0.29) is 6.04 Å². The molecule has 0 aliphatic rings. The Balaban J connectivity index is 2.54. The summed E-state index contributed by atoms with van der Waals surface area (Å²) in [7, 11) is 0. The van der Waals surface area contributed by atoms with E-state index >= 15 is 0 Å². The van der Waals surface area contributed by atoms with Gasteiger partial charge in [0.15, 0.2) is 0 Å². The van der Waals surface area contributed by atoms with E-state index in [0.717, 1.165) is 10.0 Å². The van der Waals surface area contributed by atoms with Crippen molar-refractivity contribution in [2.24, 2.45) is 0 Å². The highest BCUT2D eigenvalue weighted by Gasteiger charge is 2.15. The summed E-state index contributed by atoms with van der Waals surface area (Å²) in [6.07, 6.45) is 0. The SMILES string of the molecule is CC(NC(=O)NC(C)c1ccc(Br)cc1)C(=O)O. The van der Waals surface area contributed by atoms with Crippen LogP contribution in [0.3, 0.4) is 0 Å². The molecule has 0 spiro atoms. The van der Waals surface area contributed by atoms with E-state index in [1.165, 1.54) is 6.92 Å². The number of carboxylic acids is 1. The van der Waals surface area contributed by atoms with Crippen molar-refractivity contribution in [3.05, 3.63) is 34.3 Å². The maximum absolute atomic E-state index is 11.5. The van der Waals surface area contributed by atoms with Crippen LogP contribution in [0.5, 0.6) is 0 Å². The molecule has 2 amide bonds. The van der Waals surface area contributed by atoms with Gasteiger partial charge in [-0.25, -0.2) is 4.79 Å². The predicted octanol–water partition coefficient (Wildman–Crippen LogP) is 2.28. The molecule has 1 aromatic rings. The van der Waals surface area contributed by atoms with Gasteiger partial charge >= 0.3 is 12.0 Å². The van der Waals surface area contributed by atoms with Crippen LogP contribution in [0.4, 0.5) is 4.79 Å². The number of aliphatic carboxylic acids is 1. The summed E-state index contributed by atoms with van der Waals surface area (Å²) < 4.78 is 0.961. The van der Waals surface area contributed by atoms with Gasteiger partial charge in [-0.05, 0) is 31.5 Å². The molecule has 5 nitrogen and oxygen atoms in total. The third kappa shape index (κ3) is 4.37. The molecule has 0 heterocycles. The molecule has 0 radical (unpaired) electrons. The number of halogens is 1. The zero-order chi connectivity index (χ0) is 13.7. The highest BCUT2D eigenvalue weighted by atomic mass is 79.9. The van der Waals surface area contributed by atoms with Crippen molar-refractivity contribution in [3.63, 3.8) is 0 Å². The lowest BCUT2D eigenvalue weighted by molar-refractivity contribution is -0.138. The molecule has 6 heteroatoms. The minimum absolute atomic E-state index is 0.195. The number of benzene rings is 1. The molecule has 18 heavy (non-hydrogen) atoms. The summed E-state index contributed by atoms with van der Waals surface area (Å²) in [5.41, 5.74) is 0.941. The van der Waals surface area contributed by atoms with Gasteiger partial charge in [-0.3, -0.25) is 4.79 Å². The standard InChI is InChI=1S/C12H15BrN2O3/c1-7(9-3-5-10(13)6-4-9)14-12(18)15-8(2)11(16)17/h3-8H,1-2H3,(H,16,17)(H2,14,15,18). The fourth-order valence-electron chi connectivity index (χ4n) is 1.33. The van der Waals surface area contributed by atoms with E-state index in [2.05, 4.69) is 26.6 Å². The number of carbonyl (C=O) groups is 2. The van der Waals surface area contributed by atoms with Crippen molar-refractivity contribution in [2.75, 3.05) is 0 Å². The molecular formula is C12H15BrN2O3. The average Bonchev–Trinajstić information content (AvgIpc) is 2.29. The van der Waals surface area contributed by atoms with Crippen LogP contribution in [0.1, 0.15) is 25.5 Å². The number of nitrogens with one attached hydrogen (secondary N) is 2. The number of urea groups is 1. The molecule has 2 atom stereocenters. The normalized spacial score (nSPS) is 13.5. The van der Waals surface area contributed by atoms with Crippen molar-refractivity contribution < 1.29 is 14.7 Å². The van der Waals surface area contributed by atoms with Crippen molar-refractivity contribution in [1.29, 1.82) is 0 Å². The Bertz CT molecular complexity index is 433. The van der Waals surface area contributed by atoms with E-state index in [4.69, 9.17) is 5.11 Å². The van der Waals surface area contributed by atoms with Crippen LogP contribution < -0.4 is 10.6 Å². The number of carbonyl (C=O) groups excluding carboxylic acids is 1. The number of carboxylic acid groups (broad SMARTS) is 1. The molecule has 1 aromatic carbocycles. The summed E-state index contributed by atoms with van der Waals surface area (Å²) in [4.78, 5) is 22.1. The largest absolute Gasteiger partial charge is 0.480 e. The Kier molecular flexibility index (Phi) is 5.15. The molecule has 0 saturated carbocycles. The number of hydrogen-bond acceptors (Lipinski definition) is 2. The van der Waals surface area contributed by atoms with E-state index < -0.39 is 18.0 Å². The van der Waals surface area contributed by atoms with E-state index in [0.29, 0.717) is 0 Å². The zero-order valence-corrected chi connectivity index (χ0v) is 11.7. The fraction of sp³-hybridized carbons (Fsp3) is 0.333. The first kappa shape index (κ1) is 14.5. The first-order chi connectivity index (χ1) is 8.40. The smallest absolute Gasteiger partial charge is 0.325 e. The Morgan fingerprint density at radius 1 is 1.17 bits per heavy atom. The van der Waals surface area contributed by atoms with Gasteiger partial charge < -0.3 is 15.7 Å². The molecule has 98 valence electrons. The average molecular weight is 315 g/mol. The highest BCUT2D eigenvalue weighted by Crippen LogP contribution is 2.16. The van der Waals surface area contributed by atoms with Crippen molar-refractivity contribution in [1.82, 2.24) is 10.6 Å². The van der Waals surface area contributed by atoms with Crippen LogP contribution in [-0.2, 0) is 4.79 Å². The predicted molar refractivity (Wildman–Crippen MR) is 71.3 cm³/mol. The van der Waals surface area contributed by atoms with Gasteiger partial charge in [-0.15, -0.1) is 0 Å². The summed E-state index contributed by atoms with van der Waals surface area (Å²) in [5, 5.41) is 13.7. The van der Waals surface area contributed by atoms with Gasteiger partial charge in [-0.2, -0.15) is 0 Å². The van der Waals surface area contributed by atoms with Gasteiger partial charge in [0.25, 0.3) is 0 Å². The lowest BCUT2D eigenvalue weighted by Crippen LogP contribution is -2.45. The van der Waals surface area contributed by atoms with Gasteiger partial charge in [0.2, 0.25) is 0 Å². The first-order valence-corrected chi connectivity index (χ1v) is 6.24. The lowest BCUT2D eigenvalue weighted by atomic mass is 10.1. The van der Waals surface area contributed by atoms with Crippen LogP contribution in [0.2, 0.25) is 0 Å². The van der Waals surface area contributed by atoms with Crippen molar-refractivity contribution in [3.8, 4) is 0 Å². The summed E-state index contributed by atoms with van der Waals surface area (Å²) in [6.45, 7) is 3.24. The maximum atomic E-state index is 11.5. The van der Waals surface area contributed by atoms with E-state index in [1.807, 2.05) is 31.2 Å². The van der Waals surface area contributed by atoms with Crippen LogP contribution in [0.25, 0.3) is 0 Å². The molecule has 0 aliphatic heterocycles. The number of amides is 2. The third-order valence-electron chi connectivity index (χ3n) is 2.44. The Morgan fingerprint density at radius 2 is 1.72 bits per heavy atom. The number of hydrogen-bond donors (Lipinski definition) is 3. The molecular weight excluding hydrogens is 300 g/mol. The Hall–Kier alpha value is -1.56. The second-order valence-electron chi connectivity index (χ2n) is 3.95. The fourth-order valence-corrected chi connectivity index (χ4v) is 1.60. The van der Waals surface area contributed by atoms with Crippen LogP contribution in [-0.4, -0.2) is 23.1 Å². The van der Waals surface area contributed by atoms with Crippen LogP contribution in [0.15, 0.2) is 28.7 Å². The molecule has 0 fully saturated rings. The summed E-state index contributed by atoms with van der Waals surface area (Å²) in [5.74, 6) is -1.07. The maximum Gasteiger partial charge on any atom is 0.325 e. The molecule has 0 saturated heterocycles. The lowest BCUT2D eigenvalue weighted by Gasteiger charge is -2.16. The Morgan fingerprint density at radius 3 is 2.22 bits per heavy atom. The topological polar surface area (TPSA) is 78.4 Å². The van der Waals surface area contributed by atoms with Gasteiger partial charge in [0.1, 0.15) is 6.04 Å². The Labute approximate surface area is 114 Å². The van der Waals surface area contributed by atoms with Crippen molar-refractivity contribution >= 4 is 27.9 Å². The van der Waals surface area contributed by atoms with E-state index in [9.17, 15) is 9.59 Å². The zero-order valence-electron chi connectivity index (χ0n) is 10.1. The van der Waals surface area contributed by atoms with Gasteiger partial charge in [-0.1, -0.05) is 28.1 Å². The first-order valence-electron chi connectivity index (χ1n) is 5.45. The monoisotopic (exact) mass is 314 g/mol. The second kappa shape index (κ2) is 6.39. The second-order valence-corrected chi connectivity index (χ2v) is 4.87. The van der Waals surface area contributed by atoms with Gasteiger partial charge in [0.05, 0.1) is 6.04 Å². The highest BCUT2D eigenvalue weighted by molar-refractivity contribution is 9.10. The summed E-state index contributed by atoms with van der Waals surface area (Å²) >= 11 is 3.33. The minimum atomic E-state index is -1.07. The minimum Gasteiger partial charge on any atom is -0.480 e. The molecule has 0 bridgehead atoms. The molecule has 3 N–H and O–H groups in total. The van der Waals surface area contributed by atoms with Crippen LogP contribution >= 0.6 is 15.9 Å². The third-order valence-corrected chi connectivity index (χ3v) is 2.96. The summed E-state index contributed by atoms with van der Waals surface area (Å²) in [6, 6.07) is 5.92. The van der Waals surface area contributed by atoms with Crippen LogP contribution in [0, 0.1) is 0 Å². The molecule has 2 unspecified atom stereocenters. The van der Waals surface area contributed by atoms with Crippen molar-refractivity contribution in [2.45, 2.75) is 25.9 Å². The van der Waals surface area contributed by atoms with E-state index in [1.54, 1.807) is 0 Å². The molecule has 0 aliphatic carbocycles. The van der Waals surface area contributed by atoms with Gasteiger partial charge in [0, 0.05) is 4.47 Å². The quantitative estimate of drug-likeness (QED) is 0.797. The molecule has 1 rings (SSSR count). The molecule has 0 aromatic heterocycles. The number of rotatable bonds is 4.